The Labute approximate surface area is 158 Å². The Morgan fingerprint density at radius 3 is 1.25 bits per heavy atom. The Bertz CT molecular complexity index is 934. The van der Waals surface area contributed by atoms with Crippen LogP contribution < -0.4 is 10.4 Å². The minimum atomic E-state index is 1.00. The number of fused-ring (bicyclic) bond motifs is 1. The molecule has 2 aliphatic rings. The van der Waals surface area contributed by atoms with Crippen molar-refractivity contribution in [1.29, 1.82) is 0 Å². The molecule has 0 aliphatic carbocycles. The SMILES string of the molecule is CC1=C(C)SC(=c2ccc(=C3SC(C)=C(C)S3)c3nccnc23)S1. The largest absolute Gasteiger partial charge is 0.252 e. The van der Waals surface area contributed by atoms with Crippen molar-refractivity contribution in [3.63, 3.8) is 0 Å². The molecule has 0 saturated heterocycles. The standard InChI is InChI=1S/C18H16N2S4/c1-9-10(2)22-17(21-9)13-5-6-14(16-15(13)19-7-8-20-16)18-23-11(3)12(4)24-18/h5-8H,1-4H3. The number of hydrogen-bond acceptors (Lipinski definition) is 6. The van der Waals surface area contributed by atoms with E-state index in [4.69, 9.17) is 0 Å². The maximum atomic E-state index is 4.67. The Hall–Kier alpha value is -0.820. The van der Waals surface area contributed by atoms with Gasteiger partial charge >= 0.3 is 0 Å². The van der Waals surface area contributed by atoms with Gasteiger partial charge in [-0.25, -0.2) is 0 Å². The molecule has 3 heterocycles. The van der Waals surface area contributed by atoms with Crippen LogP contribution in [0.4, 0.5) is 0 Å². The van der Waals surface area contributed by atoms with Crippen molar-refractivity contribution in [2.24, 2.45) is 0 Å². The minimum Gasteiger partial charge on any atom is -0.252 e. The third-order valence-electron chi connectivity index (χ3n) is 4.04. The lowest BCUT2D eigenvalue weighted by molar-refractivity contribution is 1.28. The number of allylic oxidation sites excluding steroid dienone is 4. The van der Waals surface area contributed by atoms with E-state index < -0.39 is 0 Å². The second kappa shape index (κ2) is 6.48. The van der Waals surface area contributed by atoms with Crippen molar-refractivity contribution in [2.45, 2.75) is 27.7 Å². The van der Waals surface area contributed by atoms with E-state index in [9.17, 15) is 0 Å². The Kier molecular flexibility index (Phi) is 4.49. The Balaban J connectivity index is 1.99. The summed E-state index contributed by atoms with van der Waals surface area (Å²) in [7, 11) is 0. The zero-order valence-electron chi connectivity index (χ0n) is 13.8. The van der Waals surface area contributed by atoms with E-state index in [0.717, 1.165) is 11.0 Å². The third kappa shape index (κ3) is 2.83. The summed E-state index contributed by atoms with van der Waals surface area (Å²) >= 11 is 7.39. The first-order valence-corrected chi connectivity index (χ1v) is 10.9. The van der Waals surface area contributed by atoms with E-state index >= 15 is 0 Å². The number of benzene rings is 1. The van der Waals surface area contributed by atoms with Gasteiger partial charge in [0.2, 0.25) is 0 Å². The number of rotatable bonds is 0. The summed E-state index contributed by atoms with van der Waals surface area (Å²) in [6, 6.07) is 4.43. The fraction of sp³-hybridized carbons (Fsp3) is 0.222. The molecular formula is C18H16N2S4. The molecule has 0 saturated carbocycles. The molecular weight excluding hydrogens is 372 g/mol. The molecule has 2 aromatic rings. The number of aromatic nitrogens is 2. The van der Waals surface area contributed by atoms with Crippen LogP contribution in [0.1, 0.15) is 27.7 Å². The Morgan fingerprint density at radius 2 is 0.917 bits per heavy atom. The van der Waals surface area contributed by atoms with Gasteiger partial charge in [0, 0.05) is 22.8 Å². The molecule has 0 unspecified atom stereocenters. The van der Waals surface area contributed by atoms with E-state index in [1.807, 2.05) is 47.0 Å². The number of nitrogens with zero attached hydrogens (tertiary/aromatic N) is 2. The predicted molar refractivity (Wildman–Crippen MR) is 113 cm³/mol. The van der Waals surface area contributed by atoms with E-state index in [-0.39, 0.29) is 0 Å². The van der Waals surface area contributed by atoms with Crippen LogP contribution >= 0.6 is 47.0 Å². The first-order valence-electron chi connectivity index (χ1n) is 7.59. The van der Waals surface area contributed by atoms with E-state index in [1.165, 1.54) is 38.5 Å². The van der Waals surface area contributed by atoms with Gasteiger partial charge in [-0.2, -0.15) is 0 Å². The fourth-order valence-corrected chi connectivity index (χ4v) is 7.61. The monoisotopic (exact) mass is 388 g/mol. The maximum Gasteiger partial charge on any atom is 0.0982 e. The van der Waals surface area contributed by atoms with Crippen LogP contribution in [0.5, 0.6) is 0 Å². The van der Waals surface area contributed by atoms with Gasteiger partial charge in [-0.1, -0.05) is 59.2 Å². The zero-order valence-corrected chi connectivity index (χ0v) is 17.1. The normalized spacial score (nSPS) is 18.5. The van der Waals surface area contributed by atoms with Gasteiger partial charge in [-0.3, -0.25) is 9.97 Å². The van der Waals surface area contributed by atoms with Crippen LogP contribution in [0.3, 0.4) is 0 Å². The van der Waals surface area contributed by atoms with Gasteiger partial charge in [-0.15, -0.1) is 0 Å². The van der Waals surface area contributed by atoms with Crippen molar-refractivity contribution in [3.05, 3.63) is 54.6 Å². The van der Waals surface area contributed by atoms with Crippen LogP contribution in [-0.2, 0) is 0 Å². The van der Waals surface area contributed by atoms with Crippen molar-refractivity contribution in [1.82, 2.24) is 9.97 Å². The van der Waals surface area contributed by atoms with Crippen molar-refractivity contribution in [3.8, 4) is 0 Å². The summed E-state index contributed by atoms with van der Waals surface area (Å²) in [5.41, 5.74) is 2.01. The molecule has 0 amide bonds. The van der Waals surface area contributed by atoms with Gasteiger partial charge < -0.3 is 0 Å². The van der Waals surface area contributed by atoms with Crippen molar-refractivity contribution >= 4 is 66.6 Å². The molecule has 0 atom stereocenters. The summed E-state index contributed by atoms with van der Waals surface area (Å²) in [5, 5.41) is 2.39. The average Bonchev–Trinajstić information content (AvgIpc) is 3.08. The number of hydrogen-bond donors (Lipinski definition) is 0. The predicted octanol–water partition coefficient (Wildman–Crippen LogP) is 5.22. The number of thioether (sulfide) groups is 4. The maximum absolute atomic E-state index is 4.67. The second-order valence-electron chi connectivity index (χ2n) is 5.62. The highest BCUT2D eigenvalue weighted by molar-refractivity contribution is 8.36. The van der Waals surface area contributed by atoms with E-state index in [1.54, 1.807) is 12.4 Å². The molecule has 0 fully saturated rings. The topological polar surface area (TPSA) is 25.8 Å². The van der Waals surface area contributed by atoms with Gasteiger partial charge in [0.15, 0.2) is 0 Å². The zero-order chi connectivity index (χ0) is 16.8. The van der Waals surface area contributed by atoms with Crippen molar-refractivity contribution in [2.75, 3.05) is 0 Å². The average molecular weight is 389 g/mol. The molecule has 0 spiro atoms. The van der Waals surface area contributed by atoms with Gasteiger partial charge in [0.1, 0.15) is 0 Å². The van der Waals surface area contributed by atoms with Gasteiger partial charge in [0.05, 0.1) is 19.5 Å². The first-order chi connectivity index (χ1) is 11.5. The van der Waals surface area contributed by atoms with Crippen molar-refractivity contribution < 1.29 is 0 Å². The van der Waals surface area contributed by atoms with E-state index in [2.05, 4.69) is 49.8 Å². The lowest BCUT2D eigenvalue weighted by Gasteiger charge is -2.04. The highest BCUT2D eigenvalue weighted by Crippen LogP contribution is 2.50. The molecule has 24 heavy (non-hydrogen) atoms. The molecule has 4 rings (SSSR count). The van der Waals surface area contributed by atoms with Crippen LogP contribution in [-0.4, -0.2) is 9.97 Å². The second-order valence-corrected chi connectivity index (χ2v) is 11.0. The third-order valence-corrected chi connectivity index (χ3v) is 9.37. The lowest BCUT2D eigenvalue weighted by atomic mass is 10.2. The van der Waals surface area contributed by atoms with Gasteiger partial charge in [0.25, 0.3) is 0 Å². The van der Waals surface area contributed by atoms with Crippen LogP contribution in [0, 0.1) is 0 Å². The molecule has 2 aliphatic heterocycles. The molecule has 2 nitrogen and oxygen atoms in total. The van der Waals surface area contributed by atoms with E-state index in [0.29, 0.717) is 0 Å². The summed E-state index contributed by atoms with van der Waals surface area (Å²) in [4.78, 5) is 14.9. The summed E-state index contributed by atoms with van der Waals surface area (Å²) in [5.74, 6) is 0. The highest BCUT2D eigenvalue weighted by atomic mass is 32.2. The van der Waals surface area contributed by atoms with Crippen LogP contribution in [0.25, 0.3) is 19.5 Å². The molecule has 1 aromatic carbocycles. The minimum absolute atomic E-state index is 1.00. The fourth-order valence-electron chi connectivity index (χ4n) is 2.49. The first kappa shape index (κ1) is 16.6. The van der Waals surface area contributed by atoms with Gasteiger partial charge in [-0.05, 0) is 47.3 Å². The molecule has 0 N–H and O–H groups in total. The summed E-state index contributed by atoms with van der Waals surface area (Å²) in [6.45, 7) is 8.73. The smallest absolute Gasteiger partial charge is 0.0982 e. The van der Waals surface area contributed by atoms with Crippen LogP contribution in [0.15, 0.2) is 44.1 Å². The molecule has 1 aromatic heterocycles. The summed E-state index contributed by atoms with van der Waals surface area (Å²) in [6.07, 6.45) is 3.59. The molecule has 6 heteroatoms. The van der Waals surface area contributed by atoms with Crippen LogP contribution in [0.2, 0.25) is 0 Å². The Morgan fingerprint density at radius 1 is 0.583 bits per heavy atom. The molecule has 122 valence electrons. The summed E-state index contributed by atoms with van der Waals surface area (Å²) < 4.78 is 2.62. The lowest BCUT2D eigenvalue weighted by Crippen LogP contribution is -2.15. The quantitative estimate of drug-likeness (QED) is 0.613. The molecule has 0 radical (unpaired) electrons. The molecule has 0 bridgehead atoms. The highest BCUT2D eigenvalue weighted by Gasteiger charge is 2.19.